The second-order valence-electron chi connectivity index (χ2n) is 2.64. The van der Waals surface area contributed by atoms with Gasteiger partial charge >= 0.3 is 58.4 Å². The maximum absolute atomic E-state index is 12.3. The number of halogens is 3. The van der Waals surface area contributed by atoms with Gasteiger partial charge in [-0.15, -0.1) is 5.46 Å². The zero-order valence-corrected chi connectivity index (χ0v) is 11.0. The predicted molar refractivity (Wildman–Crippen MR) is 44.6 cm³/mol. The average molecular weight is 234 g/mol. The molecule has 0 spiro atoms. The van der Waals surface area contributed by atoms with Crippen LogP contribution in [0.1, 0.15) is 11.1 Å². The number of benzene rings is 1. The third-order valence-electron chi connectivity index (χ3n) is 1.59. The van der Waals surface area contributed by atoms with Gasteiger partial charge in [0.1, 0.15) is 0 Å². The van der Waals surface area contributed by atoms with E-state index < -0.39 is 12.4 Å². The van der Waals surface area contributed by atoms with Gasteiger partial charge in [0.2, 0.25) is 0 Å². The molecule has 0 amide bonds. The predicted octanol–water partition coefficient (Wildman–Crippen LogP) is -1.51. The minimum absolute atomic E-state index is 0. The molecule has 1 rings (SSSR count). The maximum atomic E-state index is 12.3. The number of hydrogen-bond acceptors (Lipinski definition) is 2. The van der Waals surface area contributed by atoms with Crippen LogP contribution in [0.4, 0.5) is 12.9 Å². The molecule has 70 valence electrons. The van der Waals surface area contributed by atoms with Crippen LogP contribution in [0.15, 0.2) is 18.2 Å². The van der Waals surface area contributed by atoms with Crippen LogP contribution >= 0.6 is 0 Å². The number of nitriles is 2. The second-order valence-corrected chi connectivity index (χ2v) is 2.64. The molecule has 0 aliphatic carbocycles. The van der Waals surface area contributed by atoms with Crippen LogP contribution in [0.2, 0.25) is 0 Å². The van der Waals surface area contributed by atoms with Crippen molar-refractivity contribution in [3.8, 4) is 12.1 Å². The normalized spacial score (nSPS) is 9.67. The van der Waals surface area contributed by atoms with Crippen molar-refractivity contribution in [2.24, 2.45) is 0 Å². The van der Waals surface area contributed by atoms with Gasteiger partial charge in [0.15, 0.2) is 0 Å². The summed E-state index contributed by atoms with van der Waals surface area (Å²) in [6, 6.07) is 5.74. The van der Waals surface area contributed by atoms with Crippen molar-refractivity contribution < 1.29 is 64.3 Å². The van der Waals surface area contributed by atoms with E-state index in [0.717, 1.165) is 18.2 Å². The first-order valence-corrected chi connectivity index (χ1v) is 3.62. The van der Waals surface area contributed by atoms with E-state index >= 15 is 0 Å². The van der Waals surface area contributed by atoms with E-state index in [4.69, 9.17) is 10.5 Å². The topological polar surface area (TPSA) is 47.6 Å². The van der Waals surface area contributed by atoms with E-state index in [9.17, 15) is 12.9 Å². The molecule has 15 heavy (non-hydrogen) atoms. The Morgan fingerprint density at radius 1 is 0.933 bits per heavy atom. The van der Waals surface area contributed by atoms with Gasteiger partial charge < -0.3 is 12.9 Å². The first-order valence-electron chi connectivity index (χ1n) is 3.62. The Balaban J connectivity index is 0.00000196. The van der Waals surface area contributed by atoms with Gasteiger partial charge in [-0.2, -0.15) is 10.5 Å². The molecule has 1 aromatic rings. The van der Waals surface area contributed by atoms with Gasteiger partial charge in [-0.05, 0) is 6.07 Å². The second kappa shape index (κ2) is 5.69. The van der Waals surface area contributed by atoms with Gasteiger partial charge in [0.25, 0.3) is 0 Å². The van der Waals surface area contributed by atoms with Crippen LogP contribution in [0.25, 0.3) is 0 Å². The Bertz CT molecular complexity index is 412. The zero-order chi connectivity index (χ0) is 10.8. The average Bonchev–Trinajstić information content (AvgIpc) is 2.15. The van der Waals surface area contributed by atoms with E-state index in [-0.39, 0.29) is 62.5 Å². The Hall–Kier alpha value is -0.309. The Morgan fingerprint density at radius 3 is 1.60 bits per heavy atom. The van der Waals surface area contributed by atoms with Gasteiger partial charge in [-0.1, -0.05) is 12.1 Å². The molecule has 1 aromatic carbocycles. The van der Waals surface area contributed by atoms with Crippen molar-refractivity contribution >= 4 is 12.4 Å². The van der Waals surface area contributed by atoms with Gasteiger partial charge in [-0.25, -0.2) is 0 Å². The summed E-state index contributed by atoms with van der Waals surface area (Å²) >= 11 is 0. The third kappa shape index (κ3) is 3.98. The molecule has 0 aliphatic heterocycles. The molecular weight excluding hydrogens is 231 g/mol. The first-order chi connectivity index (χ1) is 6.47. The summed E-state index contributed by atoms with van der Waals surface area (Å²) in [6.45, 7) is -5.16. The van der Waals surface area contributed by atoms with E-state index in [2.05, 4.69) is 0 Å². The Kier molecular flexibility index (Phi) is 5.57. The van der Waals surface area contributed by atoms with Crippen molar-refractivity contribution in [3.05, 3.63) is 29.3 Å². The van der Waals surface area contributed by atoms with Gasteiger partial charge in [0, 0.05) is 0 Å². The molecule has 0 bridgehead atoms. The minimum atomic E-state index is -5.16. The van der Waals surface area contributed by atoms with Crippen molar-refractivity contribution in [2.75, 3.05) is 0 Å². The molecule has 2 nitrogen and oxygen atoms in total. The van der Waals surface area contributed by atoms with E-state index in [1.165, 1.54) is 0 Å². The molecule has 0 radical (unpaired) electrons. The summed E-state index contributed by atoms with van der Waals surface area (Å²) in [7, 11) is 0. The molecular formula is C8H3BF3KN2. The Morgan fingerprint density at radius 2 is 1.33 bits per heavy atom. The van der Waals surface area contributed by atoms with Crippen molar-refractivity contribution in [1.29, 1.82) is 10.5 Å². The molecule has 0 saturated heterocycles. The van der Waals surface area contributed by atoms with Crippen LogP contribution < -0.4 is 56.8 Å². The molecule has 0 N–H and O–H groups in total. The van der Waals surface area contributed by atoms with Crippen LogP contribution in [0.3, 0.4) is 0 Å². The fourth-order valence-electron chi connectivity index (χ4n) is 0.970. The van der Waals surface area contributed by atoms with Crippen LogP contribution in [-0.2, 0) is 0 Å². The van der Waals surface area contributed by atoms with Crippen LogP contribution in [-0.4, -0.2) is 6.98 Å². The van der Waals surface area contributed by atoms with Gasteiger partial charge in [0.05, 0.1) is 23.3 Å². The van der Waals surface area contributed by atoms with Crippen molar-refractivity contribution in [3.63, 3.8) is 0 Å². The summed E-state index contributed by atoms with van der Waals surface area (Å²) in [5.41, 5.74) is -1.22. The Labute approximate surface area is 127 Å². The van der Waals surface area contributed by atoms with E-state index in [0.29, 0.717) is 0 Å². The summed E-state index contributed by atoms with van der Waals surface area (Å²) in [5.74, 6) is 0. The number of hydrogen-bond donors (Lipinski definition) is 0. The molecule has 0 aromatic heterocycles. The van der Waals surface area contributed by atoms with Crippen molar-refractivity contribution in [2.45, 2.75) is 0 Å². The largest absolute Gasteiger partial charge is 1.00 e. The van der Waals surface area contributed by atoms with E-state index in [1.54, 1.807) is 12.1 Å². The summed E-state index contributed by atoms with van der Waals surface area (Å²) in [4.78, 5) is 0. The molecule has 0 aliphatic rings. The third-order valence-corrected chi connectivity index (χ3v) is 1.59. The molecule has 0 fully saturated rings. The summed E-state index contributed by atoms with van der Waals surface area (Å²) in [5, 5.41) is 16.9. The van der Waals surface area contributed by atoms with Crippen molar-refractivity contribution in [1.82, 2.24) is 0 Å². The number of rotatable bonds is 1. The van der Waals surface area contributed by atoms with Crippen LogP contribution in [0.5, 0.6) is 0 Å². The molecule has 7 heteroatoms. The molecule has 0 unspecified atom stereocenters. The number of nitrogens with zero attached hydrogens (tertiary/aromatic N) is 2. The molecule has 0 atom stereocenters. The fraction of sp³-hybridized carbons (Fsp3) is 0. The fourth-order valence-corrected chi connectivity index (χ4v) is 0.970. The first kappa shape index (κ1) is 14.7. The monoisotopic (exact) mass is 234 g/mol. The molecule has 0 heterocycles. The zero-order valence-electron chi connectivity index (χ0n) is 7.84. The smallest absolute Gasteiger partial charge is 0.445 e. The van der Waals surface area contributed by atoms with E-state index in [1.807, 2.05) is 0 Å². The maximum Gasteiger partial charge on any atom is 1.00 e. The SMILES string of the molecule is N#Cc1cc(C#N)cc([B-](F)(F)F)c1.[K+]. The summed E-state index contributed by atoms with van der Waals surface area (Å²) < 4.78 is 36.8. The van der Waals surface area contributed by atoms with Crippen LogP contribution in [0, 0.1) is 22.7 Å². The molecule has 0 saturated carbocycles. The standard InChI is InChI=1S/C8H3BF3N2.K/c10-9(11,12)8-2-6(4-13)1-7(3-8)5-14;/h1-3H;/q-1;+1. The minimum Gasteiger partial charge on any atom is -0.445 e. The van der Waals surface area contributed by atoms with Gasteiger partial charge in [-0.3, -0.25) is 0 Å². The summed E-state index contributed by atoms with van der Waals surface area (Å²) in [6.07, 6.45) is 0. The quantitative estimate of drug-likeness (QED) is 0.554.